The maximum absolute atomic E-state index is 12.8. The highest BCUT2D eigenvalue weighted by atomic mass is 32.1. The Kier molecular flexibility index (Phi) is 6.99. The Morgan fingerprint density at radius 3 is 2.74 bits per heavy atom. The molecule has 1 N–H and O–H groups in total. The number of hydrogen-bond donors (Lipinski definition) is 1. The van der Waals surface area contributed by atoms with Gasteiger partial charge in [-0.05, 0) is 68.9 Å². The van der Waals surface area contributed by atoms with Crippen LogP contribution in [0, 0.1) is 5.92 Å². The molecule has 0 radical (unpaired) electrons. The molecule has 0 spiro atoms. The quantitative estimate of drug-likeness (QED) is 0.563. The highest BCUT2D eigenvalue weighted by Gasteiger charge is 2.27. The maximum atomic E-state index is 12.8. The van der Waals surface area contributed by atoms with Crippen LogP contribution in [0.2, 0.25) is 0 Å². The molecule has 8 heteroatoms. The van der Waals surface area contributed by atoms with Crippen LogP contribution in [0.1, 0.15) is 44.2 Å². The fourth-order valence-corrected chi connectivity index (χ4v) is 4.45. The van der Waals surface area contributed by atoms with Gasteiger partial charge in [-0.15, -0.1) is 11.3 Å². The Balaban J connectivity index is 1.24. The van der Waals surface area contributed by atoms with E-state index in [9.17, 15) is 4.79 Å². The number of likely N-dealkylation sites (tertiary alicyclic amines) is 1. The van der Waals surface area contributed by atoms with Crippen molar-refractivity contribution in [3.63, 3.8) is 0 Å². The second kappa shape index (κ2) is 10.1. The van der Waals surface area contributed by atoms with E-state index in [2.05, 4.69) is 20.4 Å². The highest BCUT2D eigenvalue weighted by Crippen LogP contribution is 2.24. The van der Waals surface area contributed by atoms with Gasteiger partial charge in [-0.2, -0.15) is 4.98 Å². The van der Waals surface area contributed by atoms with Crippen LogP contribution in [0.3, 0.4) is 0 Å². The third-order valence-electron chi connectivity index (χ3n) is 5.58. The van der Waals surface area contributed by atoms with Gasteiger partial charge in [0, 0.05) is 5.92 Å². The van der Waals surface area contributed by atoms with Crippen LogP contribution in [0.25, 0.3) is 10.7 Å². The molecule has 1 aromatic carbocycles. The Bertz CT molecular complexity index is 963. The zero-order chi connectivity index (χ0) is 21.6. The molecule has 1 amide bonds. The number of rotatable bonds is 8. The van der Waals surface area contributed by atoms with Crippen molar-refractivity contribution >= 4 is 17.2 Å². The molecule has 7 nitrogen and oxygen atoms in total. The molecule has 164 valence electrons. The van der Waals surface area contributed by atoms with Gasteiger partial charge < -0.3 is 14.6 Å². The second-order valence-electron chi connectivity index (χ2n) is 7.77. The molecule has 0 saturated carbocycles. The summed E-state index contributed by atoms with van der Waals surface area (Å²) in [5, 5.41) is 9.23. The number of nitrogens with one attached hydrogen (secondary N) is 1. The van der Waals surface area contributed by atoms with Gasteiger partial charge >= 0.3 is 0 Å². The number of ether oxygens (including phenoxy) is 1. The molecular formula is C23H28N4O3S. The van der Waals surface area contributed by atoms with Crippen molar-refractivity contribution in [1.82, 2.24) is 20.4 Å². The van der Waals surface area contributed by atoms with E-state index in [1.54, 1.807) is 11.3 Å². The van der Waals surface area contributed by atoms with E-state index in [1.807, 2.05) is 55.6 Å². The van der Waals surface area contributed by atoms with Gasteiger partial charge in [0.05, 0.1) is 24.1 Å². The van der Waals surface area contributed by atoms with Gasteiger partial charge in [-0.1, -0.05) is 23.4 Å². The SMILES string of the molecule is CCOc1ccc(C(C)NC(=O)C2CCN(Cc3nc(-c4cccs4)no3)CC2)cc1. The fourth-order valence-electron chi connectivity index (χ4n) is 3.80. The molecule has 1 aliphatic heterocycles. The topological polar surface area (TPSA) is 80.5 Å². The number of carbonyl (C=O) groups is 1. The standard InChI is InChI=1S/C23H28N4O3S/c1-3-29-19-8-6-17(7-9-19)16(2)24-23(28)18-10-12-27(13-11-18)15-21-25-22(26-30-21)20-5-4-14-31-20/h4-9,14,16,18H,3,10-13,15H2,1-2H3,(H,24,28). The largest absolute Gasteiger partial charge is 0.494 e. The first-order valence-corrected chi connectivity index (χ1v) is 11.6. The number of nitrogens with zero attached hydrogens (tertiary/aromatic N) is 3. The minimum Gasteiger partial charge on any atom is -0.494 e. The molecule has 1 fully saturated rings. The number of benzene rings is 1. The van der Waals surface area contributed by atoms with Crippen molar-refractivity contribution in [1.29, 1.82) is 0 Å². The number of piperidine rings is 1. The first-order valence-electron chi connectivity index (χ1n) is 10.7. The Labute approximate surface area is 186 Å². The van der Waals surface area contributed by atoms with Gasteiger partial charge in [0.1, 0.15) is 5.75 Å². The summed E-state index contributed by atoms with van der Waals surface area (Å²) in [6.07, 6.45) is 1.65. The van der Waals surface area contributed by atoms with Gasteiger partial charge in [0.15, 0.2) is 0 Å². The predicted molar refractivity (Wildman–Crippen MR) is 120 cm³/mol. The molecule has 31 heavy (non-hydrogen) atoms. The summed E-state index contributed by atoms with van der Waals surface area (Å²) in [7, 11) is 0. The normalized spacial score (nSPS) is 16.2. The lowest BCUT2D eigenvalue weighted by atomic mass is 9.95. The van der Waals surface area contributed by atoms with Crippen LogP contribution in [0.4, 0.5) is 0 Å². The Morgan fingerprint density at radius 1 is 1.29 bits per heavy atom. The second-order valence-corrected chi connectivity index (χ2v) is 8.72. The van der Waals surface area contributed by atoms with Gasteiger partial charge in [0.2, 0.25) is 17.6 Å². The molecule has 0 aliphatic carbocycles. The van der Waals surface area contributed by atoms with E-state index >= 15 is 0 Å². The van der Waals surface area contributed by atoms with Crippen LogP contribution in [-0.2, 0) is 11.3 Å². The zero-order valence-electron chi connectivity index (χ0n) is 17.9. The minimum atomic E-state index is -0.0322. The van der Waals surface area contributed by atoms with Crippen molar-refractivity contribution in [3.8, 4) is 16.5 Å². The number of aromatic nitrogens is 2. The average molecular weight is 441 g/mol. The van der Waals surface area contributed by atoms with E-state index < -0.39 is 0 Å². The van der Waals surface area contributed by atoms with Crippen LogP contribution < -0.4 is 10.1 Å². The first kappa shape index (κ1) is 21.5. The molecule has 1 atom stereocenters. The van der Waals surface area contributed by atoms with Crippen LogP contribution in [0.5, 0.6) is 5.75 Å². The van der Waals surface area contributed by atoms with Gasteiger partial charge in [-0.3, -0.25) is 9.69 Å². The van der Waals surface area contributed by atoms with Crippen molar-refractivity contribution in [2.24, 2.45) is 5.92 Å². The summed E-state index contributed by atoms with van der Waals surface area (Å²) < 4.78 is 10.9. The summed E-state index contributed by atoms with van der Waals surface area (Å²) in [5.41, 5.74) is 1.08. The summed E-state index contributed by atoms with van der Waals surface area (Å²) in [5.74, 6) is 2.27. The number of carbonyl (C=O) groups excluding carboxylic acids is 1. The Morgan fingerprint density at radius 2 is 2.06 bits per heavy atom. The monoisotopic (exact) mass is 440 g/mol. The van der Waals surface area contributed by atoms with E-state index in [0.29, 0.717) is 24.9 Å². The smallest absolute Gasteiger partial charge is 0.241 e. The number of thiophene rings is 1. The zero-order valence-corrected chi connectivity index (χ0v) is 18.7. The summed E-state index contributed by atoms with van der Waals surface area (Å²) in [6, 6.07) is 11.8. The van der Waals surface area contributed by atoms with E-state index in [4.69, 9.17) is 9.26 Å². The highest BCUT2D eigenvalue weighted by molar-refractivity contribution is 7.13. The molecular weight excluding hydrogens is 412 g/mol. The number of hydrogen-bond acceptors (Lipinski definition) is 7. The third kappa shape index (κ3) is 5.51. The van der Waals surface area contributed by atoms with Crippen molar-refractivity contribution < 1.29 is 14.1 Å². The predicted octanol–water partition coefficient (Wildman–Crippen LogP) is 4.29. The molecule has 4 rings (SSSR count). The lowest BCUT2D eigenvalue weighted by molar-refractivity contribution is -0.127. The lowest BCUT2D eigenvalue weighted by Gasteiger charge is -2.30. The average Bonchev–Trinajstić information content (AvgIpc) is 3.47. The molecule has 0 bridgehead atoms. The molecule has 1 aliphatic rings. The van der Waals surface area contributed by atoms with Crippen molar-refractivity contribution in [2.75, 3.05) is 19.7 Å². The van der Waals surface area contributed by atoms with Crippen molar-refractivity contribution in [3.05, 3.63) is 53.2 Å². The molecule has 3 aromatic rings. The fraction of sp³-hybridized carbons (Fsp3) is 0.435. The summed E-state index contributed by atoms with van der Waals surface area (Å²) in [4.78, 5) is 20.5. The first-order chi connectivity index (χ1) is 15.1. The maximum Gasteiger partial charge on any atom is 0.241 e. The van der Waals surface area contributed by atoms with Gasteiger partial charge in [-0.25, -0.2) is 0 Å². The third-order valence-corrected chi connectivity index (χ3v) is 6.44. The molecule has 1 unspecified atom stereocenters. The van der Waals surface area contributed by atoms with Crippen molar-refractivity contribution in [2.45, 2.75) is 39.3 Å². The number of amides is 1. The Hall–Kier alpha value is -2.71. The van der Waals surface area contributed by atoms with E-state index in [1.165, 1.54) is 0 Å². The van der Waals surface area contributed by atoms with Gasteiger partial charge in [0.25, 0.3) is 0 Å². The molecule has 2 aromatic heterocycles. The van der Waals surface area contributed by atoms with E-state index in [-0.39, 0.29) is 17.9 Å². The van der Waals surface area contributed by atoms with E-state index in [0.717, 1.165) is 42.1 Å². The molecule has 1 saturated heterocycles. The van der Waals surface area contributed by atoms with Crippen LogP contribution in [0.15, 0.2) is 46.3 Å². The summed E-state index contributed by atoms with van der Waals surface area (Å²) >= 11 is 1.60. The van der Waals surface area contributed by atoms with Crippen LogP contribution in [-0.4, -0.2) is 40.6 Å². The minimum absolute atomic E-state index is 0.0322. The van der Waals surface area contributed by atoms with Crippen LogP contribution >= 0.6 is 11.3 Å². The molecule has 3 heterocycles. The summed E-state index contributed by atoms with van der Waals surface area (Å²) in [6.45, 7) is 6.93. The lowest BCUT2D eigenvalue weighted by Crippen LogP contribution is -2.40.